The normalized spacial score (nSPS) is 15.6. The van der Waals surface area contributed by atoms with E-state index in [1.807, 2.05) is 47.5 Å². The molecule has 1 fully saturated rings. The first-order chi connectivity index (χ1) is 13.6. The van der Waals surface area contributed by atoms with Crippen LogP contribution in [-0.4, -0.2) is 52.0 Å². The average molecular weight is 461 g/mol. The van der Waals surface area contributed by atoms with Crippen molar-refractivity contribution in [1.82, 2.24) is 19.9 Å². The highest BCUT2D eigenvalue weighted by Crippen LogP contribution is 2.27. The second kappa shape index (κ2) is 8.55. The summed E-state index contributed by atoms with van der Waals surface area (Å²) in [5.74, 6) is 1.34. The second-order valence-corrected chi connectivity index (χ2v) is 8.76. The van der Waals surface area contributed by atoms with Gasteiger partial charge in [-0.3, -0.25) is 9.69 Å². The molecule has 0 aliphatic carbocycles. The summed E-state index contributed by atoms with van der Waals surface area (Å²) in [5.41, 5.74) is 1.87. The van der Waals surface area contributed by atoms with Crippen molar-refractivity contribution in [3.05, 3.63) is 57.2 Å². The molecule has 0 N–H and O–H groups in total. The van der Waals surface area contributed by atoms with Crippen LogP contribution in [-0.2, 0) is 6.54 Å². The molecule has 6 nitrogen and oxygen atoms in total. The quantitative estimate of drug-likeness (QED) is 0.583. The first-order valence-electron chi connectivity index (χ1n) is 9.24. The van der Waals surface area contributed by atoms with E-state index in [0.717, 1.165) is 46.5 Å². The van der Waals surface area contributed by atoms with Crippen LogP contribution in [0.2, 0.25) is 0 Å². The van der Waals surface area contributed by atoms with Crippen LogP contribution in [0.25, 0.3) is 10.7 Å². The van der Waals surface area contributed by atoms with Gasteiger partial charge in [0.25, 0.3) is 5.91 Å². The number of halogens is 1. The zero-order valence-corrected chi connectivity index (χ0v) is 18.0. The Morgan fingerprint density at radius 1 is 1.25 bits per heavy atom. The molecule has 1 saturated heterocycles. The van der Waals surface area contributed by atoms with Crippen LogP contribution in [0.5, 0.6) is 0 Å². The molecule has 2 aromatic heterocycles. The van der Waals surface area contributed by atoms with Crippen LogP contribution >= 0.6 is 27.3 Å². The lowest BCUT2D eigenvalue weighted by Gasteiger charge is -2.21. The summed E-state index contributed by atoms with van der Waals surface area (Å²) in [7, 11) is 0. The summed E-state index contributed by atoms with van der Waals surface area (Å²) in [6.07, 6.45) is 0.927. The molecule has 4 rings (SSSR count). The van der Waals surface area contributed by atoms with Crippen molar-refractivity contribution in [2.45, 2.75) is 19.9 Å². The van der Waals surface area contributed by atoms with Crippen molar-refractivity contribution in [3.8, 4) is 10.7 Å². The Hall–Kier alpha value is -2.03. The van der Waals surface area contributed by atoms with Gasteiger partial charge in [-0.1, -0.05) is 22.9 Å². The molecule has 0 atom stereocenters. The topological polar surface area (TPSA) is 62.5 Å². The number of carbonyl (C=O) groups is 1. The fourth-order valence-corrected chi connectivity index (χ4v) is 4.69. The lowest BCUT2D eigenvalue weighted by molar-refractivity contribution is 0.0760. The standard InChI is InChI=1S/C20H21BrN4O2S/c1-14-4-2-5-15(10-14)20(26)25-7-3-6-24(8-9-25)12-18-22-19(23-27-18)17-11-16(21)13-28-17/h2,4-5,10-11,13H,3,6-9,12H2,1H3. The number of hydrogen-bond donors (Lipinski definition) is 0. The molecule has 0 radical (unpaired) electrons. The second-order valence-electron chi connectivity index (χ2n) is 6.93. The molecular weight excluding hydrogens is 440 g/mol. The molecule has 1 aliphatic heterocycles. The summed E-state index contributed by atoms with van der Waals surface area (Å²) in [6.45, 7) is 5.77. The van der Waals surface area contributed by atoms with Gasteiger partial charge >= 0.3 is 0 Å². The summed E-state index contributed by atoms with van der Waals surface area (Å²) >= 11 is 5.02. The minimum atomic E-state index is 0.105. The maximum Gasteiger partial charge on any atom is 0.253 e. The monoisotopic (exact) mass is 460 g/mol. The van der Waals surface area contributed by atoms with Crippen molar-refractivity contribution in [1.29, 1.82) is 0 Å². The summed E-state index contributed by atoms with van der Waals surface area (Å²) in [5, 5.41) is 6.09. The van der Waals surface area contributed by atoms with Gasteiger partial charge in [-0.15, -0.1) is 11.3 Å². The Labute approximate surface area is 176 Å². The molecule has 1 aliphatic rings. The molecule has 3 aromatic rings. The van der Waals surface area contributed by atoms with Gasteiger partial charge < -0.3 is 9.42 Å². The van der Waals surface area contributed by atoms with Gasteiger partial charge in [-0.05, 0) is 47.5 Å². The van der Waals surface area contributed by atoms with Gasteiger partial charge in [0, 0.05) is 41.6 Å². The number of hydrogen-bond acceptors (Lipinski definition) is 6. The zero-order valence-electron chi connectivity index (χ0n) is 15.6. The molecule has 0 unspecified atom stereocenters. The Morgan fingerprint density at radius 2 is 2.14 bits per heavy atom. The lowest BCUT2D eigenvalue weighted by atomic mass is 10.1. The number of aromatic nitrogens is 2. The van der Waals surface area contributed by atoms with Gasteiger partial charge in [0.2, 0.25) is 11.7 Å². The van der Waals surface area contributed by atoms with E-state index in [-0.39, 0.29) is 5.91 Å². The van der Waals surface area contributed by atoms with E-state index in [0.29, 0.717) is 24.8 Å². The third kappa shape index (κ3) is 4.51. The number of carbonyl (C=O) groups excluding carboxylic acids is 1. The molecule has 1 aromatic carbocycles. The first-order valence-corrected chi connectivity index (χ1v) is 10.9. The maximum atomic E-state index is 12.8. The number of aryl methyl sites for hydroxylation is 1. The molecule has 0 saturated carbocycles. The molecule has 1 amide bonds. The van der Waals surface area contributed by atoms with E-state index >= 15 is 0 Å². The molecule has 28 heavy (non-hydrogen) atoms. The summed E-state index contributed by atoms with van der Waals surface area (Å²) in [6, 6.07) is 9.77. The van der Waals surface area contributed by atoms with Gasteiger partial charge in [0.15, 0.2) is 0 Å². The number of amides is 1. The van der Waals surface area contributed by atoms with Crippen LogP contribution in [0.15, 0.2) is 44.7 Å². The van der Waals surface area contributed by atoms with Crippen molar-refractivity contribution in [2.75, 3.05) is 26.2 Å². The molecule has 8 heteroatoms. The smallest absolute Gasteiger partial charge is 0.253 e. The van der Waals surface area contributed by atoms with Crippen LogP contribution < -0.4 is 0 Å². The van der Waals surface area contributed by atoms with E-state index < -0.39 is 0 Å². The van der Waals surface area contributed by atoms with E-state index in [2.05, 4.69) is 31.0 Å². The maximum absolute atomic E-state index is 12.8. The van der Waals surface area contributed by atoms with Crippen molar-refractivity contribution in [2.24, 2.45) is 0 Å². The predicted molar refractivity (Wildman–Crippen MR) is 112 cm³/mol. The number of benzene rings is 1. The third-order valence-electron chi connectivity index (χ3n) is 4.76. The largest absolute Gasteiger partial charge is 0.338 e. The lowest BCUT2D eigenvalue weighted by Crippen LogP contribution is -2.35. The van der Waals surface area contributed by atoms with Gasteiger partial charge in [-0.2, -0.15) is 4.98 Å². The van der Waals surface area contributed by atoms with Gasteiger partial charge in [0.1, 0.15) is 0 Å². The molecule has 0 spiro atoms. The Kier molecular flexibility index (Phi) is 5.89. The molecule has 146 valence electrons. The molecule has 3 heterocycles. The number of thiophene rings is 1. The Bertz CT molecular complexity index is 971. The van der Waals surface area contributed by atoms with Gasteiger partial charge in [-0.25, -0.2) is 0 Å². The van der Waals surface area contributed by atoms with E-state index in [1.165, 1.54) is 0 Å². The van der Waals surface area contributed by atoms with Crippen molar-refractivity contribution < 1.29 is 9.32 Å². The predicted octanol–water partition coefficient (Wildman–Crippen LogP) is 4.22. The highest BCUT2D eigenvalue weighted by Gasteiger charge is 2.22. The van der Waals surface area contributed by atoms with Crippen LogP contribution in [0.4, 0.5) is 0 Å². The highest BCUT2D eigenvalue weighted by atomic mass is 79.9. The average Bonchev–Trinajstić information content (AvgIpc) is 3.25. The molecule has 0 bridgehead atoms. The Morgan fingerprint density at radius 3 is 2.93 bits per heavy atom. The fraction of sp³-hybridized carbons (Fsp3) is 0.350. The summed E-state index contributed by atoms with van der Waals surface area (Å²) < 4.78 is 6.45. The SMILES string of the molecule is Cc1cccc(C(=O)N2CCCN(Cc3nc(-c4cc(Br)cs4)no3)CC2)c1. The van der Waals surface area contributed by atoms with E-state index in [9.17, 15) is 4.79 Å². The third-order valence-corrected chi connectivity index (χ3v) is 6.44. The first kappa shape index (κ1) is 19.3. The minimum Gasteiger partial charge on any atom is -0.338 e. The van der Waals surface area contributed by atoms with Crippen LogP contribution in [0, 0.1) is 6.92 Å². The fourth-order valence-electron chi connectivity index (χ4n) is 3.33. The highest BCUT2D eigenvalue weighted by molar-refractivity contribution is 9.10. The molecular formula is C20H21BrN4O2S. The Balaban J connectivity index is 1.37. The van der Waals surface area contributed by atoms with E-state index in [1.54, 1.807) is 11.3 Å². The van der Waals surface area contributed by atoms with E-state index in [4.69, 9.17) is 4.52 Å². The zero-order chi connectivity index (χ0) is 19.5. The van der Waals surface area contributed by atoms with Crippen molar-refractivity contribution >= 4 is 33.2 Å². The minimum absolute atomic E-state index is 0.105. The number of nitrogens with zero attached hydrogens (tertiary/aromatic N) is 4. The van der Waals surface area contributed by atoms with Crippen LogP contribution in [0.3, 0.4) is 0 Å². The van der Waals surface area contributed by atoms with Crippen molar-refractivity contribution in [3.63, 3.8) is 0 Å². The summed E-state index contributed by atoms with van der Waals surface area (Å²) in [4.78, 5) is 22.5. The van der Waals surface area contributed by atoms with Gasteiger partial charge in [0.05, 0.1) is 11.4 Å². The number of rotatable bonds is 4. The van der Waals surface area contributed by atoms with Crippen LogP contribution in [0.1, 0.15) is 28.2 Å².